The fourth-order valence-corrected chi connectivity index (χ4v) is 2.93. The van der Waals surface area contributed by atoms with Gasteiger partial charge in [-0.1, -0.05) is 19.8 Å². The molecule has 0 saturated heterocycles. The zero-order valence-corrected chi connectivity index (χ0v) is 14.3. The van der Waals surface area contributed by atoms with E-state index in [-0.39, 0.29) is 5.54 Å². The van der Waals surface area contributed by atoms with Gasteiger partial charge in [-0.25, -0.2) is 0 Å². The maximum atomic E-state index is 3.76. The maximum absolute atomic E-state index is 3.76. The van der Waals surface area contributed by atoms with Gasteiger partial charge < -0.3 is 10.2 Å². The smallest absolute Gasteiger partial charge is 0.00967 e. The van der Waals surface area contributed by atoms with Gasteiger partial charge in [-0.05, 0) is 65.8 Å². The van der Waals surface area contributed by atoms with Crippen LogP contribution in [0.5, 0.6) is 0 Å². The zero-order chi connectivity index (χ0) is 14.7. The van der Waals surface area contributed by atoms with Gasteiger partial charge >= 0.3 is 0 Å². The molecule has 1 N–H and O–H groups in total. The van der Waals surface area contributed by atoms with E-state index >= 15 is 0 Å². The molecule has 1 aliphatic rings. The lowest BCUT2D eigenvalue weighted by Gasteiger charge is -2.44. The van der Waals surface area contributed by atoms with Crippen LogP contribution in [0.4, 0.5) is 0 Å². The molecule has 0 aromatic carbocycles. The SMILES string of the molecule is CC1CCC(CNC(C)(C)C)(CN(C)C(C)C)CC1. The van der Waals surface area contributed by atoms with Crippen LogP contribution in [0.25, 0.3) is 0 Å². The highest BCUT2D eigenvalue weighted by Gasteiger charge is 2.36. The van der Waals surface area contributed by atoms with Crippen molar-refractivity contribution in [1.29, 1.82) is 0 Å². The molecule has 1 fully saturated rings. The molecular formula is C17H36N2. The molecule has 2 nitrogen and oxygen atoms in total. The van der Waals surface area contributed by atoms with E-state index in [1.165, 1.54) is 38.8 Å². The van der Waals surface area contributed by atoms with Gasteiger partial charge in [-0.3, -0.25) is 0 Å². The van der Waals surface area contributed by atoms with Crippen LogP contribution in [0.15, 0.2) is 0 Å². The summed E-state index contributed by atoms with van der Waals surface area (Å²) in [5.74, 6) is 0.923. The number of nitrogens with zero attached hydrogens (tertiary/aromatic N) is 1. The molecule has 1 aliphatic carbocycles. The first-order valence-electron chi connectivity index (χ1n) is 8.09. The van der Waals surface area contributed by atoms with Crippen molar-refractivity contribution in [3.63, 3.8) is 0 Å². The summed E-state index contributed by atoms with van der Waals surface area (Å²) in [7, 11) is 2.28. The van der Waals surface area contributed by atoms with Gasteiger partial charge in [-0.15, -0.1) is 0 Å². The lowest BCUT2D eigenvalue weighted by molar-refractivity contribution is 0.0792. The van der Waals surface area contributed by atoms with Crippen molar-refractivity contribution >= 4 is 0 Å². The van der Waals surface area contributed by atoms with Crippen LogP contribution in [-0.2, 0) is 0 Å². The van der Waals surface area contributed by atoms with E-state index in [1.807, 2.05) is 0 Å². The first kappa shape index (κ1) is 17.0. The molecule has 0 heterocycles. The Balaban J connectivity index is 2.67. The minimum atomic E-state index is 0.229. The number of hydrogen-bond donors (Lipinski definition) is 1. The third-order valence-corrected chi connectivity index (χ3v) is 4.80. The Bertz CT molecular complexity index is 257. The quantitative estimate of drug-likeness (QED) is 0.813. The molecule has 114 valence electrons. The van der Waals surface area contributed by atoms with Crippen molar-refractivity contribution in [3.8, 4) is 0 Å². The van der Waals surface area contributed by atoms with Crippen LogP contribution in [0.1, 0.15) is 67.2 Å². The van der Waals surface area contributed by atoms with Crippen molar-refractivity contribution in [2.75, 3.05) is 20.1 Å². The van der Waals surface area contributed by atoms with E-state index < -0.39 is 0 Å². The van der Waals surface area contributed by atoms with Crippen molar-refractivity contribution in [3.05, 3.63) is 0 Å². The maximum Gasteiger partial charge on any atom is 0.00967 e. The highest BCUT2D eigenvalue weighted by Crippen LogP contribution is 2.39. The Labute approximate surface area is 121 Å². The molecular weight excluding hydrogens is 232 g/mol. The summed E-state index contributed by atoms with van der Waals surface area (Å²) in [5, 5.41) is 3.76. The van der Waals surface area contributed by atoms with Crippen molar-refractivity contribution in [1.82, 2.24) is 10.2 Å². The standard InChI is InChI=1S/C17H36N2/c1-14(2)19(7)13-17(12-18-16(4,5)6)10-8-15(3)9-11-17/h14-15,18H,8-13H2,1-7H3. The van der Waals surface area contributed by atoms with Crippen molar-refractivity contribution in [2.45, 2.75) is 78.8 Å². The number of nitrogens with one attached hydrogen (secondary N) is 1. The number of rotatable bonds is 5. The molecule has 0 spiro atoms. The van der Waals surface area contributed by atoms with Crippen LogP contribution in [0.2, 0.25) is 0 Å². The second-order valence-electron chi connectivity index (χ2n) is 8.29. The van der Waals surface area contributed by atoms with Gasteiger partial charge in [-0.2, -0.15) is 0 Å². The van der Waals surface area contributed by atoms with E-state index in [9.17, 15) is 0 Å². The van der Waals surface area contributed by atoms with Crippen LogP contribution >= 0.6 is 0 Å². The van der Waals surface area contributed by atoms with Crippen molar-refractivity contribution < 1.29 is 0 Å². The van der Waals surface area contributed by atoms with Crippen LogP contribution in [0, 0.1) is 11.3 Å². The molecule has 0 amide bonds. The molecule has 19 heavy (non-hydrogen) atoms. The summed E-state index contributed by atoms with van der Waals surface area (Å²) in [5.41, 5.74) is 0.714. The van der Waals surface area contributed by atoms with Gasteiger partial charge in [0.2, 0.25) is 0 Å². The Hall–Kier alpha value is -0.0800. The van der Waals surface area contributed by atoms with Crippen molar-refractivity contribution in [2.24, 2.45) is 11.3 Å². The van der Waals surface area contributed by atoms with E-state index in [2.05, 4.69) is 58.8 Å². The second kappa shape index (κ2) is 6.58. The van der Waals surface area contributed by atoms with Gasteiger partial charge in [0.25, 0.3) is 0 Å². The fourth-order valence-electron chi connectivity index (χ4n) is 2.93. The molecule has 1 rings (SSSR count). The number of hydrogen-bond acceptors (Lipinski definition) is 2. The molecule has 0 unspecified atom stereocenters. The van der Waals surface area contributed by atoms with E-state index in [1.54, 1.807) is 0 Å². The Morgan fingerprint density at radius 2 is 1.74 bits per heavy atom. The van der Waals surface area contributed by atoms with Gasteiger partial charge in [0, 0.05) is 24.7 Å². The van der Waals surface area contributed by atoms with E-state index in [0.29, 0.717) is 11.5 Å². The molecule has 0 bridgehead atoms. The Morgan fingerprint density at radius 1 is 1.21 bits per heavy atom. The lowest BCUT2D eigenvalue weighted by Crippen LogP contribution is -2.50. The molecule has 2 heteroatoms. The molecule has 1 saturated carbocycles. The molecule has 0 radical (unpaired) electrons. The normalized spacial score (nSPS) is 29.2. The van der Waals surface area contributed by atoms with Gasteiger partial charge in [0.1, 0.15) is 0 Å². The van der Waals surface area contributed by atoms with E-state index in [4.69, 9.17) is 0 Å². The third-order valence-electron chi connectivity index (χ3n) is 4.80. The Morgan fingerprint density at radius 3 is 2.16 bits per heavy atom. The van der Waals surface area contributed by atoms with Crippen LogP contribution in [0.3, 0.4) is 0 Å². The largest absolute Gasteiger partial charge is 0.311 e. The molecule has 0 aromatic rings. The summed E-state index contributed by atoms with van der Waals surface area (Å²) >= 11 is 0. The zero-order valence-electron chi connectivity index (χ0n) is 14.3. The summed E-state index contributed by atoms with van der Waals surface area (Å²) in [6.45, 7) is 16.2. The monoisotopic (exact) mass is 268 g/mol. The Kier molecular flexibility index (Phi) is 5.88. The summed E-state index contributed by atoms with van der Waals surface area (Å²) in [6, 6.07) is 0.644. The van der Waals surface area contributed by atoms with Crippen LogP contribution < -0.4 is 5.32 Å². The minimum absolute atomic E-state index is 0.229. The summed E-state index contributed by atoms with van der Waals surface area (Å²) in [6.07, 6.45) is 5.57. The first-order chi connectivity index (χ1) is 8.64. The molecule has 0 atom stereocenters. The minimum Gasteiger partial charge on any atom is -0.311 e. The fraction of sp³-hybridized carbons (Fsp3) is 1.00. The topological polar surface area (TPSA) is 15.3 Å². The first-order valence-corrected chi connectivity index (χ1v) is 8.09. The summed E-state index contributed by atoms with van der Waals surface area (Å²) < 4.78 is 0. The predicted molar refractivity (Wildman–Crippen MR) is 85.6 cm³/mol. The predicted octanol–water partition coefficient (Wildman–Crippen LogP) is 3.91. The second-order valence-corrected chi connectivity index (χ2v) is 8.29. The third kappa shape index (κ3) is 5.83. The van der Waals surface area contributed by atoms with Crippen LogP contribution in [-0.4, -0.2) is 36.6 Å². The highest BCUT2D eigenvalue weighted by molar-refractivity contribution is 4.91. The average molecular weight is 268 g/mol. The van der Waals surface area contributed by atoms with E-state index in [0.717, 1.165) is 5.92 Å². The summed E-state index contributed by atoms with van der Waals surface area (Å²) in [4.78, 5) is 2.53. The molecule has 0 aromatic heterocycles. The average Bonchev–Trinajstić information content (AvgIpc) is 2.29. The van der Waals surface area contributed by atoms with Gasteiger partial charge in [0.15, 0.2) is 0 Å². The van der Waals surface area contributed by atoms with Gasteiger partial charge in [0.05, 0.1) is 0 Å². The highest BCUT2D eigenvalue weighted by atomic mass is 15.1. The molecule has 0 aliphatic heterocycles. The lowest BCUT2D eigenvalue weighted by atomic mass is 9.70.